The molecular weight excluding hydrogens is 781 g/mol. The summed E-state index contributed by atoms with van der Waals surface area (Å²) in [6, 6.07) is 0. The van der Waals surface area contributed by atoms with Crippen molar-refractivity contribution in [1.29, 1.82) is 0 Å². The molecule has 0 heterocycles. The molecule has 2 unspecified atom stereocenters. The summed E-state index contributed by atoms with van der Waals surface area (Å²) in [4.78, 5) is 25.8. The fourth-order valence-corrected chi connectivity index (χ4v) is 8.49. The molecule has 62 heavy (non-hydrogen) atoms. The van der Waals surface area contributed by atoms with Crippen molar-refractivity contribution in [1.82, 2.24) is 0 Å². The summed E-state index contributed by atoms with van der Waals surface area (Å²) < 4.78 is 35.2. The number of carbonyl (C=O) groups is 2. The number of hydrogen-bond acceptors (Lipinski definition) is 9. The number of allylic oxidation sites excluding steroid dienone is 4. The third kappa shape index (κ3) is 31.2. The molecule has 1 N–H and O–H groups in total. The zero-order valence-corrected chi connectivity index (χ0v) is 40.4. The first-order chi connectivity index (χ1) is 30.4. The van der Waals surface area contributed by atoms with Crippen molar-refractivity contribution >= 4 is 11.9 Å². The van der Waals surface area contributed by atoms with E-state index in [1.54, 1.807) is 0 Å². The Kier molecular flexibility index (Phi) is 36.0. The zero-order valence-electron chi connectivity index (χ0n) is 40.4. The van der Waals surface area contributed by atoms with E-state index < -0.39 is 18.7 Å². The van der Waals surface area contributed by atoms with Gasteiger partial charge in [-0.15, -0.1) is 0 Å². The van der Waals surface area contributed by atoms with E-state index in [2.05, 4.69) is 45.1 Å². The Morgan fingerprint density at radius 1 is 0.565 bits per heavy atom. The Morgan fingerprint density at radius 3 is 1.65 bits per heavy atom. The normalized spacial score (nSPS) is 16.4. The largest absolute Gasteiger partial charge is 0.465 e. The lowest BCUT2D eigenvalue weighted by molar-refractivity contribution is -0.276. The number of ether oxygens (including phenoxy) is 6. The molecule has 9 nitrogen and oxygen atoms in total. The molecule has 2 fully saturated rings. The zero-order chi connectivity index (χ0) is 44.6. The average Bonchev–Trinajstić information content (AvgIpc) is 4.09. The first-order valence-corrected chi connectivity index (χ1v) is 26.2. The van der Waals surface area contributed by atoms with Crippen LogP contribution >= 0.6 is 0 Å². The maximum atomic E-state index is 13.1. The molecule has 0 aromatic heterocycles. The van der Waals surface area contributed by atoms with Gasteiger partial charge in [0.15, 0.2) is 6.29 Å². The molecule has 2 rings (SSSR count). The molecular formula is C53H96O9. The Hall–Kier alpha value is -1.78. The van der Waals surface area contributed by atoms with Crippen LogP contribution < -0.4 is 0 Å². The Labute approximate surface area is 380 Å². The van der Waals surface area contributed by atoms with E-state index in [9.17, 15) is 14.7 Å². The standard InChI is InChI=1S/C53H96O9/c1-4-7-10-13-16-17-18-19-20-21-22-23-24-25-31-36-49(54)59-43-47(45-61-52(56)62-46-53(39-40-53)48-34-29-28-30-35-48)44-60-50(55)37-38-51(57-41-32-26-14-11-8-5-2)58-42-33-27-15-12-9-6-3/h16-17,19-20,47-48,51-52,56H,4-15,18,21-46H2,1-3H3/b17-16-,20-19-. The third-order valence-electron chi connectivity index (χ3n) is 12.8. The van der Waals surface area contributed by atoms with Crippen molar-refractivity contribution in [2.75, 3.05) is 39.6 Å². The number of rotatable bonds is 44. The molecule has 0 aromatic carbocycles. The lowest BCUT2D eigenvalue weighted by Gasteiger charge is -2.31. The molecule has 0 saturated heterocycles. The minimum absolute atomic E-state index is 0.0104. The summed E-state index contributed by atoms with van der Waals surface area (Å²) >= 11 is 0. The van der Waals surface area contributed by atoms with E-state index >= 15 is 0 Å². The lowest BCUT2D eigenvalue weighted by atomic mass is 9.78. The molecule has 0 spiro atoms. The van der Waals surface area contributed by atoms with E-state index in [0.717, 1.165) is 83.5 Å². The topological polar surface area (TPSA) is 110 Å². The maximum Gasteiger partial charge on any atom is 0.305 e. The number of aliphatic hydroxyl groups is 1. The van der Waals surface area contributed by atoms with Crippen molar-refractivity contribution < 1.29 is 43.1 Å². The molecule has 0 aromatic rings. The van der Waals surface area contributed by atoms with Crippen molar-refractivity contribution in [3.63, 3.8) is 0 Å². The Bertz CT molecular complexity index is 1080. The van der Waals surface area contributed by atoms with Gasteiger partial charge in [0.2, 0.25) is 0 Å². The van der Waals surface area contributed by atoms with Crippen LogP contribution in [0.25, 0.3) is 0 Å². The summed E-state index contributed by atoms with van der Waals surface area (Å²) in [5.41, 5.74) is 0.172. The van der Waals surface area contributed by atoms with E-state index in [4.69, 9.17) is 28.4 Å². The van der Waals surface area contributed by atoms with Gasteiger partial charge in [-0.25, -0.2) is 0 Å². The van der Waals surface area contributed by atoms with Gasteiger partial charge in [0.1, 0.15) is 0 Å². The molecule has 2 atom stereocenters. The summed E-state index contributed by atoms with van der Waals surface area (Å²) in [6.07, 6.45) is 44.8. The fraction of sp³-hybridized carbons (Fsp3) is 0.887. The van der Waals surface area contributed by atoms with Crippen LogP contribution in [0.1, 0.15) is 233 Å². The van der Waals surface area contributed by atoms with E-state index in [1.807, 2.05) is 0 Å². The van der Waals surface area contributed by atoms with Gasteiger partial charge in [-0.05, 0) is 88.4 Å². The second kappa shape index (κ2) is 39.6. The molecule has 2 aliphatic carbocycles. The van der Waals surface area contributed by atoms with E-state index in [0.29, 0.717) is 38.6 Å². The van der Waals surface area contributed by atoms with E-state index in [1.165, 1.54) is 109 Å². The molecule has 2 saturated carbocycles. The van der Waals surface area contributed by atoms with Gasteiger partial charge >= 0.3 is 11.9 Å². The summed E-state index contributed by atoms with van der Waals surface area (Å²) in [6.45, 7) is 7.12. The van der Waals surface area contributed by atoms with Crippen molar-refractivity contribution in [2.45, 2.75) is 245 Å². The molecule has 0 aliphatic heterocycles. The van der Waals surface area contributed by atoms with E-state index in [-0.39, 0.29) is 43.6 Å². The highest BCUT2D eigenvalue weighted by Crippen LogP contribution is 2.56. The highest BCUT2D eigenvalue weighted by Gasteiger charge is 2.49. The monoisotopic (exact) mass is 877 g/mol. The van der Waals surface area contributed by atoms with Crippen molar-refractivity contribution in [3.05, 3.63) is 24.3 Å². The number of carbonyl (C=O) groups excluding carboxylic acids is 2. The molecule has 362 valence electrons. The second-order valence-electron chi connectivity index (χ2n) is 18.6. The molecule has 0 amide bonds. The number of esters is 2. The van der Waals surface area contributed by atoms with Crippen LogP contribution in [0.4, 0.5) is 0 Å². The van der Waals surface area contributed by atoms with Crippen LogP contribution in [0, 0.1) is 17.3 Å². The lowest BCUT2D eigenvalue weighted by Crippen LogP contribution is -2.31. The highest BCUT2D eigenvalue weighted by atomic mass is 16.8. The molecule has 0 bridgehead atoms. The number of unbranched alkanes of at least 4 members (excludes halogenated alkanes) is 18. The fourth-order valence-electron chi connectivity index (χ4n) is 8.49. The summed E-state index contributed by atoms with van der Waals surface area (Å²) in [5.74, 6) is -0.402. The van der Waals surface area contributed by atoms with Gasteiger partial charge in [-0.1, -0.05) is 161 Å². The molecule has 2 aliphatic rings. The predicted molar refractivity (Wildman–Crippen MR) is 253 cm³/mol. The van der Waals surface area contributed by atoms with Gasteiger partial charge in [-0.2, -0.15) is 0 Å². The molecule has 9 heteroatoms. The van der Waals surface area contributed by atoms with Crippen LogP contribution in [0.2, 0.25) is 0 Å². The minimum atomic E-state index is -1.38. The van der Waals surface area contributed by atoms with Gasteiger partial charge in [0, 0.05) is 26.1 Å². The summed E-state index contributed by atoms with van der Waals surface area (Å²) in [5, 5.41) is 10.7. The highest BCUT2D eigenvalue weighted by molar-refractivity contribution is 5.69. The van der Waals surface area contributed by atoms with Crippen molar-refractivity contribution in [2.24, 2.45) is 17.3 Å². The first kappa shape index (κ1) is 56.3. The first-order valence-electron chi connectivity index (χ1n) is 26.2. The van der Waals surface area contributed by atoms with Gasteiger partial charge in [-0.3, -0.25) is 9.59 Å². The molecule has 0 radical (unpaired) electrons. The van der Waals surface area contributed by atoms with Crippen LogP contribution in [-0.2, 0) is 38.0 Å². The average molecular weight is 877 g/mol. The smallest absolute Gasteiger partial charge is 0.305 e. The Morgan fingerprint density at radius 2 is 1.06 bits per heavy atom. The van der Waals surface area contributed by atoms with Crippen LogP contribution in [0.3, 0.4) is 0 Å². The maximum absolute atomic E-state index is 13.1. The number of aliphatic hydroxyl groups excluding tert-OH is 1. The number of hydrogen-bond donors (Lipinski definition) is 1. The minimum Gasteiger partial charge on any atom is -0.465 e. The summed E-state index contributed by atoms with van der Waals surface area (Å²) in [7, 11) is 0. The second-order valence-corrected chi connectivity index (χ2v) is 18.6. The Balaban J connectivity index is 1.78. The van der Waals surface area contributed by atoms with Gasteiger partial charge in [0.25, 0.3) is 6.48 Å². The van der Waals surface area contributed by atoms with Crippen LogP contribution in [0.15, 0.2) is 24.3 Å². The van der Waals surface area contributed by atoms with Crippen LogP contribution in [-0.4, -0.2) is 69.5 Å². The van der Waals surface area contributed by atoms with Gasteiger partial charge < -0.3 is 33.5 Å². The third-order valence-corrected chi connectivity index (χ3v) is 12.8. The predicted octanol–water partition coefficient (Wildman–Crippen LogP) is 14.0. The quantitative estimate of drug-likeness (QED) is 0.0277. The van der Waals surface area contributed by atoms with Gasteiger partial charge in [0.05, 0.1) is 38.8 Å². The SMILES string of the molecule is CCCCC/C=C\C/C=C\CCCCCCCC(=O)OCC(COC(=O)CCC(OCCCCCCCC)OCCCCCCCC)COC(O)OCC1(C2CCCCC2)CC1. The van der Waals surface area contributed by atoms with Crippen molar-refractivity contribution in [3.8, 4) is 0 Å². The van der Waals surface area contributed by atoms with Crippen LogP contribution in [0.5, 0.6) is 0 Å².